The number of carbonyl (C=O) groups excluding carboxylic acids is 1. The highest BCUT2D eigenvalue weighted by atomic mass is 19.1. The van der Waals surface area contributed by atoms with E-state index in [9.17, 15) is 14.3 Å². The molecule has 0 aliphatic heterocycles. The monoisotopic (exact) mass is 521 g/mol. The molecule has 39 heavy (non-hydrogen) atoms. The van der Waals surface area contributed by atoms with Crippen molar-refractivity contribution < 1.29 is 14.3 Å². The maximum atomic E-state index is 14.0. The average molecular weight is 522 g/mol. The number of hydrogen-bond donors (Lipinski definition) is 4. The lowest BCUT2D eigenvalue weighted by molar-refractivity contribution is -0.116. The number of halogens is 1. The van der Waals surface area contributed by atoms with Crippen LogP contribution in [0.5, 0.6) is 5.75 Å². The first-order chi connectivity index (χ1) is 19.0. The van der Waals surface area contributed by atoms with E-state index in [4.69, 9.17) is 0 Å². The third kappa shape index (κ3) is 4.79. The normalized spacial score (nSPS) is 11.3. The van der Waals surface area contributed by atoms with Gasteiger partial charge in [-0.3, -0.25) is 14.9 Å². The Bertz CT molecular complexity index is 1820. The van der Waals surface area contributed by atoms with E-state index in [1.165, 1.54) is 12.1 Å². The summed E-state index contributed by atoms with van der Waals surface area (Å²) in [7, 11) is 0. The number of H-pyrrole nitrogens is 2. The molecular weight excluding hydrogens is 497 g/mol. The second-order valence-electron chi connectivity index (χ2n) is 9.31. The van der Waals surface area contributed by atoms with Gasteiger partial charge in [-0.05, 0) is 53.9 Å². The van der Waals surface area contributed by atoms with Crippen molar-refractivity contribution in [3.05, 3.63) is 73.1 Å². The van der Waals surface area contributed by atoms with Crippen LogP contribution in [0.2, 0.25) is 0 Å². The summed E-state index contributed by atoms with van der Waals surface area (Å²) in [6.07, 6.45) is 8.94. The van der Waals surface area contributed by atoms with Crippen LogP contribution in [0.3, 0.4) is 0 Å². The topological polar surface area (TPSA) is 132 Å². The van der Waals surface area contributed by atoms with Crippen molar-refractivity contribution in [2.24, 2.45) is 0 Å². The summed E-state index contributed by atoms with van der Waals surface area (Å²) < 4.78 is 14.0. The molecule has 0 atom stereocenters. The molecule has 0 radical (unpaired) electrons. The van der Waals surface area contributed by atoms with E-state index >= 15 is 0 Å². The molecule has 0 fully saturated rings. The number of aromatic hydroxyl groups is 1. The van der Waals surface area contributed by atoms with E-state index in [1.54, 1.807) is 30.9 Å². The molecule has 194 valence electrons. The van der Waals surface area contributed by atoms with Gasteiger partial charge in [-0.25, -0.2) is 14.4 Å². The molecular formula is C29H24FN7O2. The fraction of sp³-hybridized carbons (Fsp3) is 0.138. The minimum absolute atomic E-state index is 0.0401. The van der Waals surface area contributed by atoms with Gasteiger partial charge >= 0.3 is 0 Å². The van der Waals surface area contributed by atoms with Crippen molar-refractivity contribution in [1.29, 1.82) is 0 Å². The maximum Gasteiger partial charge on any atom is 0.224 e. The van der Waals surface area contributed by atoms with Gasteiger partial charge in [0.25, 0.3) is 0 Å². The summed E-state index contributed by atoms with van der Waals surface area (Å²) in [5.41, 5.74) is 6.08. The van der Waals surface area contributed by atoms with Gasteiger partial charge in [0.15, 0.2) is 5.65 Å². The van der Waals surface area contributed by atoms with Gasteiger partial charge in [-0.1, -0.05) is 13.3 Å². The molecule has 0 spiro atoms. The summed E-state index contributed by atoms with van der Waals surface area (Å²) >= 11 is 0. The van der Waals surface area contributed by atoms with E-state index in [0.717, 1.165) is 52.1 Å². The number of aromatic amines is 2. The van der Waals surface area contributed by atoms with Crippen molar-refractivity contribution in [1.82, 2.24) is 30.1 Å². The predicted octanol–water partition coefficient (Wildman–Crippen LogP) is 6.20. The number of aromatic nitrogens is 6. The van der Waals surface area contributed by atoms with E-state index in [0.29, 0.717) is 34.7 Å². The molecule has 0 unspecified atom stereocenters. The Morgan fingerprint density at radius 2 is 1.87 bits per heavy atom. The van der Waals surface area contributed by atoms with Gasteiger partial charge < -0.3 is 15.4 Å². The second kappa shape index (κ2) is 9.97. The van der Waals surface area contributed by atoms with Crippen LogP contribution in [-0.4, -0.2) is 41.1 Å². The van der Waals surface area contributed by atoms with Crippen molar-refractivity contribution in [3.63, 3.8) is 0 Å². The van der Waals surface area contributed by atoms with Crippen LogP contribution in [0.25, 0.3) is 55.7 Å². The molecule has 0 bridgehead atoms. The number of rotatable bonds is 7. The number of carbonyl (C=O) groups is 1. The number of amides is 1. The molecule has 1 aromatic carbocycles. The minimum atomic E-state index is -0.525. The highest BCUT2D eigenvalue weighted by molar-refractivity contribution is 6.00. The molecule has 5 aromatic heterocycles. The minimum Gasteiger partial charge on any atom is -0.508 e. The summed E-state index contributed by atoms with van der Waals surface area (Å²) in [5.74, 6) is -0.715. The first-order valence-corrected chi connectivity index (χ1v) is 12.6. The van der Waals surface area contributed by atoms with Crippen LogP contribution in [-0.2, 0) is 4.79 Å². The first-order valence-electron chi connectivity index (χ1n) is 12.6. The Morgan fingerprint density at radius 1 is 1.00 bits per heavy atom. The lowest BCUT2D eigenvalue weighted by Gasteiger charge is -2.07. The van der Waals surface area contributed by atoms with E-state index in [2.05, 4.69) is 35.5 Å². The van der Waals surface area contributed by atoms with Gasteiger partial charge in [0.05, 0.1) is 23.3 Å². The van der Waals surface area contributed by atoms with Crippen LogP contribution in [0, 0.1) is 5.82 Å². The quantitative estimate of drug-likeness (QED) is 0.198. The van der Waals surface area contributed by atoms with Crippen molar-refractivity contribution in [2.75, 3.05) is 5.32 Å². The number of pyridine rings is 3. The Morgan fingerprint density at radius 3 is 2.72 bits per heavy atom. The zero-order valence-corrected chi connectivity index (χ0v) is 21.0. The molecule has 0 saturated heterocycles. The second-order valence-corrected chi connectivity index (χ2v) is 9.31. The fourth-order valence-corrected chi connectivity index (χ4v) is 4.63. The molecule has 10 heteroatoms. The first kappa shape index (κ1) is 24.2. The SMILES string of the molecule is CCCCC(=O)Nc1cncc(-c2cnc3n[nH]c(-c4cc5c(-c6cc(O)cc(F)c6)ccnc5[nH]4)c3c2)c1. The third-order valence-electron chi connectivity index (χ3n) is 6.52. The Hall–Kier alpha value is -5.12. The fourth-order valence-electron chi connectivity index (χ4n) is 4.63. The van der Waals surface area contributed by atoms with Crippen LogP contribution in [0.1, 0.15) is 26.2 Å². The summed E-state index contributed by atoms with van der Waals surface area (Å²) in [5, 5.41) is 21.8. The van der Waals surface area contributed by atoms with Crippen LogP contribution in [0.4, 0.5) is 10.1 Å². The largest absolute Gasteiger partial charge is 0.508 e. The molecule has 9 nitrogen and oxygen atoms in total. The highest BCUT2D eigenvalue weighted by Crippen LogP contribution is 2.35. The molecule has 5 heterocycles. The predicted molar refractivity (Wildman–Crippen MR) is 147 cm³/mol. The molecule has 1 amide bonds. The van der Waals surface area contributed by atoms with Crippen LogP contribution in [0.15, 0.2) is 67.3 Å². The standard InChI is InChI=1S/C29H24FN7O2/c1-2-3-4-26(39)34-20-8-17(13-31-15-20)18-10-24-27(36-37-29(24)33-14-18)25-12-23-22(5-6-32-28(23)35-25)16-7-19(30)11-21(38)9-16/h5-15,38H,2-4H2,1H3,(H,32,35)(H,34,39)(H,33,36,37). The van der Waals surface area contributed by atoms with Crippen molar-refractivity contribution in [2.45, 2.75) is 26.2 Å². The molecule has 0 saturated carbocycles. The molecule has 6 rings (SSSR count). The van der Waals surface area contributed by atoms with Crippen molar-refractivity contribution >= 4 is 33.7 Å². The van der Waals surface area contributed by atoms with Gasteiger partial charge in [-0.15, -0.1) is 0 Å². The number of phenolic OH excluding ortho intramolecular Hbond substituents is 1. The number of nitrogens with one attached hydrogen (secondary N) is 3. The van der Waals surface area contributed by atoms with Gasteiger partial charge in [0, 0.05) is 53.0 Å². The zero-order chi connectivity index (χ0) is 26.9. The number of anilines is 1. The van der Waals surface area contributed by atoms with Crippen molar-refractivity contribution in [3.8, 4) is 39.4 Å². The zero-order valence-electron chi connectivity index (χ0n) is 21.0. The summed E-state index contributed by atoms with van der Waals surface area (Å²) in [6.45, 7) is 2.05. The summed E-state index contributed by atoms with van der Waals surface area (Å²) in [4.78, 5) is 28.7. The number of benzene rings is 1. The lowest BCUT2D eigenvalue weighted by Crippen LogP contribution is -2.11. The molecule has 0 aliphatic carbocycles. The van der Waals surface area contributed by atoms with Gasteiger partial charge in [0.2, 0.25) is 5.91 Å². The van der Waals surface area contributed by atoms with Gasteiger partial charge in [-0.2, -0.15) is 5.10 Å². The molecule has 6 aromatic rings. The number of fused-ring (bicyclic) bond motifs is 2. The number of phenols is 1. The van der Waals surface area contributed by atoms with E-state index in [1.807, 2.05) is 25.1 Å². The molecule has 4 N–H and O–H groups in total. The average Bonchev–Trinajstić information content (AvgIpc) is 3.55. The summed E-state index contributed by atoms with van der Waals surface area (Å²) in [6, 6.07) is 11.5. The number of unbranched alkanes of at least 4 members (excludes halogenated alkanes) is 1. The molecule has 0 aliphatic rings. The maximum absolute atomic E-state index is 14.0. The third-order valence-corrected chi connectivity index (χ3v) is 6.52. The highest BCUT2D eigenvalue weighted by Gasteiger charge is 2.16. The Labute approximate surface area is 222 Å². The lowest BCUT2D eigenvalue weighted by atomic mass is 10.0. The smallest absolute Gasteiger partial charge is 0.224 e. The van der Waals surface area contributed by atoms with Crippen LogP contribution < -0.4 is 5.32 Å². The van der Waals surface area contributed by atoms with Crippen LogP contribution >= 0.6 is 0 Å². The Balaban J connectivity index is 1.38. The number of hydrogen-bond acceptors (Lipinski definition) is 6. The Kier molecular flexibility index (Phi) is 6.20. The van der Waals surface area contributed by atoms with E-state index in [-0.39, 0.29) is 11.7 Å². The van der Waals surface area contributed by atoms with E-state index < -0.39 is 5.82 Å². The number of nitrogens with zero attached hydrogens (tertiary/aromatic N) is 4. The van der Waals surface area contributed by atoms with Gasteiger partial charge in [0.1, 0.15) is 17.2 Å².